The zero-order valence-electron chi connectivity index (χ0n) is 12.5. The van der Waals surface area contributed by atoms with Gasteiger partial charge in [-0.15, -0.1) is 0 Å². The summed E-state index contributed by atoms with van der Waals surface area (Å²) in [5, 5.41) is 4.11. The van der Waals surface area contributed by atoms with E-state index in [1.54, 1.807) is 7.11 Å². The topological polar surface area (TPSA) is 74.2 Å². The molecule has 0 saturated heterocycles. The molecule has 0 bridgehead atoms. The molecular formula is C16H21N3O2. The fourth-order valence-electron chi connectivity index (χ4n) is 2.74. The van der Waals surface area contributed by atoms with Crippen LogP contribution in [0.5, 0.6) is 0 Å². The highest BCUT2D eigenvalue weighted by atomic mass is 16.5. The first-order chi connectivity index (χ1) is 10.2. The van der Waals surface area contributed by atoms with E-state index in [0.29, 0.717) is 11.7 Å². The number of methoxy groups -OCH3 is 1. The van der Waals surface area contributed by atoms with Crippen molar-refractivity contribution < 1.29 is 9.26 Å². The van der Waals surface area contributed by atoms with Gasteiger partial charge in [-0.05, 0) is 24.8 Å². The lowest BCUT2D eigenvalue weighted by Gasteiger charge is -2.37. The fourth-order valence-corrected chi connectivity index (χ4v) is 2.74. The Bertz CT molecular complexity index is 587. The fraction of sp³-hybridized carbons (Fsp3) is 0.500. The summed E-state index contributed by atoms with van der Waals surface area (Å²) in [6, 6.07) is 9.80. The first-order valence-corrected chi connectivity index (χ1v) is 7.36. The number of ether oxygens (including phenoxy) is 1. The Morgan fingerprint density at radius 2 is 2.00 bits per heavy atom. The van der Waals surface area contributed by atoms with Crippen molar-refractivity contribution in [3.8, 4) is 0 Å². The second-order valence-electron chi connectivity index (χ2n) is 5.73. The molecule has 0 aliphatic heterocycles. The number of hydrogen-bond acceptors (Lipinski definition) is 5. The van der Waals surface area contributed by atoms with Gasteiger partial charge in [0.1, 0.15) is 5.60 Å². The van der Waals surface area contributed by atoms with Gasteiger partial charge in [-0.25, -0.2) is 0 Å². The van der Waals surface area contributed by atoms with E-state index >= 15 is 0 Å². The van der Waals surface area contributed by atoms with Crippen molar-refractivity contribution in [3.63, 3.8) is 0 Å². The zero-order chi connectivity index (χ0) is 14.9. The van der Waals surface area contributed by atoms with Crippen LogP contribution in [0, 0.1) is 0 Å². The van der Waals surface area contributed by atoms with Crippen molar-refractivity contribution >= 4 is 0 Å². The van der Waals surface area contributed by atoms with E-state index in [1.807, 2.05) is 37.3 Å². The maximum absolute atomic E-state index is 6.31. The molecule has 5 nitrogen and oxygen atoms in total. The number of hydrogen-bond donors (Lipinski definition) is 1. The van der Waals surface area contributed by atoms with Gasteiger partial charge in [0.05, 0.1) is 5.92 Å². The van der Waals surface area contributed by atoms with Crippen LogP contribution in [0.25, 0.3) is 0 Å². The molecule has 2 N–H and O–H groups in total. The van der Waals surface area contributed by atoms with Crippen LogP contribution in [0.15, 0.2) is 34.9 Å². The van der Waals surface area contributed by atoms with E-state index in [0.717, 1.165) is 24.8 Å². The monoisotopic (exact) mass is 287 g/mol. The largest absolute Gasteiger partial charge is 0.370 e. The third-order valence-electron chi connectivity index (χ3n) is 4.51. The van der Waals surface area contributed by atoms with Crippen molar-refractivity contribution in [1.82, 2.24) is 10.1 Å². The van der Waals surface area contributed by atoms with Gasteiger partial charge in [0.25, 0.3) is 0 Å². The van der Waals surface area contributed by atoms with Gasteiger partial charge >= 0.3 is 0 Å². The van der Waals surface area contributed by atoms with Crippen molar-refractivity contribution in [2.45, 2.75) is 43.7 Å². The van der Waals surface area contributed by atoms with Gasteiger partial charge in [-0.3, -0.25) is 0 Å². The Morgan fingerprint density at radius 1 is 1.29 bits per heavy atom. The van der Waals surface area contributed by atoms with Crippen LogP contribution in [0.3, 0.4) is 0 Å². The maximum Gasteiger partial charge on any atom is 0.231 e. The Balaban J connectivity index is 1.80. The number of nitrogens with zero attached hydrogens (tertiary/aromatic N) is 2. The van der Waals surface area contributed by atoms with E-state index in [4.69, 9.17) is 15.0 Å². The van der Waals surface area contributed by atoms with Gasteiger partial charge in [0, 0.05) is 13.2 Å². The Morgan fingerprint density at radius 3 is 2.57 bits per heavy atom. The predicted octanol–water partition coefficient (Wildman–Crippen LogP) is 2.90. The van der Waals surface area contributed by atoms with E-state index in [-0.39, 0.29) is 17.6 Å². The summed E-state index contributed by atoms with van der Waals surface area (Å²) in [4.78, 5) is 4.54. The minimum atomic E-state index is -0.349. The first kappa shape index (κ1) is 14.2. The van der Waals surface area contributed by atoms with Crippen LogP contribution < -0.4 is 5.73 Å². The van der Waals surface area contributed by atoms with Gasteiger partial charge in [0.2, 0.25) is 11.7 Å². The summed E-state index contributed by atoms with van der Waals surface area (Å²) in [6.07, 6.45) is 3.03. The Hall–Kier alpha value is -1.72. The molecule has 0 radical (unpaired) electrons. The Kier molecular flexibility index (Phi) is 3.78. The smallest absolute Gasteiger partial charge is 0.231 e. The maximum atomic E-state index is 6.31. The van der Waals surface area contributed by atoms with Crippen molar-refractivity contribution in [3.05, 3.63) is 47.6 Å². The van der Waals surface area contributed by atoms with Gasteiger partial charge in [0.15, 0.2) is 0 Å². The minimum absolute atomic E-state index is 0.0392. The van der Waals surface area contributed by atoms with Crippen molar-refractivity contribution in [2.24, 2.45) is 5.73 Å². The first-order valence-electron chi connectivity index (χ1n) is 7.36. The van der Waals surface area contributed by atoms with E-state index in [2.05, 4.69) is 10.1 Å². The van der Waals surface area contributed by atoms with Crippen molar-refractivity contribution in [1.29, 1.82) is 0 Å². The summed E-state index contributed by atoms with van der Waals surface area (Å²) in [7, 11) is 1.70. The highest BCUT2D eigenvalue weighted by Gasteiger charge is 2.43. The summed E-state index contributed by atoms with van der Waals surface area (Å²) >= 11 is 0. The molecule has 1 aliphatic rings. The molecule has 1 aromatic carbocycles. The summed E-state index contributed by atoms with van der Waals surface area (Å²) in [5.41, 5.74) is 7.02. The van der Waals surface area contributed by atoms with Crippen LogP contribution in [-0.4, -0.2) is 17.3 Å². The Labute approximate surface area is 124 Å². The number of benzene rings is 1. The van der Waals surface area contributed by atoms with Gasteiger partial charge in [-0.2, -0.15) is 4.98 Å². The average Bonchev–Trinajstić information content (AvgIpc) is 2.96. The van der Waals surface area contributed by atoms with E-state index in [1.165, 1.54) is 0 Å². The standard InChI is InChI=1S/C16H21N3O2/c1-11(13(17)12-7-4-3-5-8-12)14-18-15(19-21-14)16(20-2)9-6-10-16/h3-5,7-8,11,13H,6,9-10,17H2,1-2H3. The average molecular weight is 287 g/mol. The van der Waals surface area contributed by atoms with Crippen LogP contribution in [0.2, 0.25) is 0 Å². The number of rotatable bonds is 5. The van der Waals surface area contributed by atoms with Gasteiger partial charge < -0.3 is 15.0 Å². The molecule has 0 amide bonds. The lowest BCUT2D eigenvalue weighted by molar-refractivity contribution is -0.0858. The van der Waals surface area contributed by atoms with Crippen LogP contribution >= 0.6 is 0 Å². The predicted molar refractivity (Wildman–Crippen MR) is 78.6 cm³/mol. The quantitative estimate of drug-likeness (QED) is 0.915. The lowest BCUT2D eigenvalue weighted by Crippen LogP contribution is -2.37. The molecule has 0 spiro atoms. The van der Waals surface area contributed by atoms with E-state index in [9.17, 15) is 0 Å². The molecule has 3 rings (SSSR count). The summed E-state index contributed by atoms with van der Waals surface area (Å²) in [6.45, 7) is 2.01. The minimum Gasteiger partial charge on any atom is -0.370 e. The molecule has 2 aromatic rings. The second kappa shape index (κ2) is 5.58. The second-order valence-corrected chi connectivity index (χ2v) is 5.73. The molecule has 1 aliphatic carbocycles. The number of nitrogens with two attached hydrogens (primary N) is 1. The lowest BCUT2D eigenvalue weighted by atomic mass is 9.79. The van der Waals surface area contributed by atoms with Crippen LogP contribution in [-0.2, 0) is 10.3 Å². The molecule has 1 fully saturated rings. The molecule has 21 heavy (non-hydrogen) atoms. The van der Waals surface area contributed by atoms with E-state index < -0.39 is 0 Å². The van der Waals surface area contributed by atoms with Crippen molar-refractivity contribution in [2.75, 3.05) is 7.11 Å². The highest BCUT2D eigenvalue weighted by molar-refractivity contribution is 5.21. The molecule has 1 saturated carbocycles. The summed E-state index contributed by atoms with van der Waals surface area (Å²) < 4.78 is 11.0. The molecule has 1 aromatic heterocycles. The summed E-state index contributed by atoms with van der Waals surface area (Å²) in [5.74, 6) is 1.19. The highest BCUT2D eigenvalue weighted by Crippen LogP contribution is 2.43. The SMILES string of the molecule is COC1(c2noc(C(C)C(N)c3ccccc3)n2)CCC1. The van der Waals surface area contributed by atoms with Gasteiger partial charge in [-0.1, -0.05) is 42.4 Å². The molecule has 1 heterocycles. The molecular weight excluding hydrogens is 266 g/mol. The normalized spacial score (nSPS) is 19.8. The molecule has 5 heteroatoms. The third kappa shape index (κ3) is 2.47. The molecule has 2 unspecified atom stereocenters. The molecule has 112 valence electrons. The van der Waals surface area contributed by atoms with Crippen LogP contribution in [0.1, 0.15) is 55.4 Å². The zero-order valence-corrected chi connectivity index (χ0v) is 12.5. The number of aromatic nitrogens is 2. The third-order valence-corrected chi connectivity index (χ3v) is 4.51. The van der Waals surface area contributed by atoms with Crippen LogP contribution in [0.4, 0.5) is 0 Å². The molecule has 2 atom stereocenters.